The molecule has 5 rings (SSSR count). The minimum atomic E-state index is -0.0809. The fourth-order valence-electron chi connectivity index (χ4n) is 4.39. The van der Waals surface area contributed by atoms with Crippen molar-refractivity contribution in [1.82, 2.24) is 20.1 Å². The summed E-state index contributed by atoms with van der Waals surface area (Å²) < 4.78 is 7.64. The van der Waals surface area contributed by atoms with Crippen LogP contribution in [0.15, 0.2) is 70.4 Å². The number of furan rings is 1. The molecule has 1 unspecified atom stereocenters. The number of anilines is 1. The van der Waals surface area contributed by atoms with Crippen LogP contribution in [-0.4, -0.2) is 39.5 Å². The zero-order valence-corrected chi connectivity index (χ0v) is 20.1. The van der Waals surface area contributed by atoms with Crippen molar-refractivity contribution in [2.24, 2.45) is 0 Å². The summed E-state index contributed by atoms with van der Waals surface area (Å²) in [6.07, 6.45) is 5.24. The quantitative estimate of drug-likeness (QED) is 0.360. The second kappa shape index (κ2) is 10.3. The standard InChI is InChI=1S/C26H29N5O2S/c1-19(21-12-11-20-8-3-4-9-22(20)16-21)27-24(32)18-34-26-29-28-25(30-13-5-2-6-14-30)31(26)17-23-10-7-15-33-23/h3-4,7-12,15-16,19H,2,5-6,13-14,17-18H2,1H3,(H,27,32). The third-order valence-corrected chi connectivity index (χ3v) is 7.18. The van der Waals surface area contributed by atoms with E-state index in [4.69, 9.17) is 4.42 Å². The molecule has 1 atom stereocenters. The molecule has 176 valence electrons. The molecule has 4 aromatic rings. The number of amides is 1. The number of piperidine rings is 1. The van der Waals surface area contributed by atoms with Gasteiger partial charge in [-0.15, -0.1) is 10.2 Å². The Morgan fingerprint density at radius 3 is 2.68 bits per heavy atom. The fraction of sp³-hybridized carbons (Fsp3) is 0.346. The molecule has 0 bridgehead atoms. The van der Waals surface area contributed by atoms with E-state index in [9.17, 15) is 4.79 Å². The molecule has 7 nitrogen and oxygen atoms in total. The minimum absolute atomic E-state index is 0.0299. The van der Waals surface area contributed by atoms with Crippen LogP contribution in [0.1, 0.15) is 43.6 Å². The molecule has 1 saturated heterocycles. The van der Waals surface area contributed by atoms with Crippen LogP contribution in [-0.2, 0) is 11.3 Å². The van der Waals surface area contributed by atoms with E-state index in [-0.39, 0.29) is 17.7 Å². The molecule has 0 aliphatic carbocycles. The van der Waals surface area contributed by atoms with E-state index in [1.807, 2.05) is 31.2 Å². The summed E-state index contributed by atoms with van der Waals surface area (Å²) in [4.78, 5) is 15.1. The van der Waals surface area contributed by atoms with E-state index < -0.39 is 0 Å². The molecule has 3 heterocycles. The van der Waals surface area contributed by atoms with Crippen molar-refractivity contribution in [3.8, 4) is 0 Å². The van der Waals surface area contributed by atoms with Crippen molar-refractivity contribution < 1.29 is 9.21 Å². The predicted octanol–water partition coefficient (Wildman–Crippen LogP) is 5.03. The molecule has 1 fully saturated rings. The van der Waals surface area contributed by atoms with Gasteiger partial charge in [0.05, 0.1) is 24.6 Å². The van der Waals surface area contributed by atoms with E-state index in [0.717, 1.165) is 48.4 Å². The maximum atomic E-state index is 12.8. The molecule has 2 aromatic heterocycles. The number of aromatic nitrogens is 3. The van der Waals surface area contributed by atoms with Gasteiger partial charge in [0.2, 0.25) is 11.9 Å². The van der Waals surface area contributed by atoms with Gasteiger partial charge >= 0.3 is 0 Å². The maximum Gasteiger partial charge on any atom is 0.230 e. The summed E-state index contributed by atoms with van der Waals surface area (Å²) in [6.45, 7) is 4.51. The lowest BCUT2D eigenvalue weighted by Crippen LogP contribution is -2.32. The van der Waals surface area contributed by atoms with Gasteiger partial charge in [0.1, 0.15) is 5.76 Å². The summed E-state index contributed by atoms with van der Waals surface area (Å²) in [6, 6.07) is 18.3. The first-order valence-corrected chi connectivity index (χ1v) is 12.8. The van der Waals surface area contributed by atoms with Gasteiger partial charge in [-0.3, -0.25) is 9.36 Å². The van der Waals surface area contributed by atoms with Crippen molar-refractivity contribution in [1.29, 1.82) is 0 Å². The van der Waals surface area contributed by atoms with E-state index in [1.54, 1.807) is 6.26 Å². The molecule has 0 spiro atoms. The normalized spacial score (nSPS) is 14.9. The van der Waals surface area contributed by atoms with Crippen LogP contribution in [0.5, 0.6) is 0 Å². The second-order valence-electron chi connectivity index (χ2n) is 8.68. The maximum absolute atomic E-state index is 12.8. The molecule has 8 heteroatoms. The van der Waals surface area contributed by atoms with Gasteiger partial charge in [-0.25, -0.2) is 0 Å². The van der Waals surface area contributed by atoms with E-state index in [1.165, 1.54) is 29.0 Å². The first-order chi connectivity index (χ1) is 16.7. The number of hydrogen-bond donors (Lipinski definition) is 1. The molecular formula is C26H29N5O2S. The summed E-state index contributed by atoms with van der Waals surface area (Å²) in [5.41, 5.74) is 1.09. The summed E-state index contributed by atoms with van der Waals surface area (Å²) >= 11 is 1.41. The molecule has 0 radical (unpaired) electrons. The molecular weight excluding hydrogens is 446 g/mol. The largest absolute Gasteiger partial charge is 0.467 e. The number of nitrogens with zero attached hydrogens (tertiary/aromatic N) is 4. The first-order valence-electron chi connectivity index (χ1n) is 11.8. The highest BCUT2D eigenvalue weighted by atomic mass is 32.2. The third-order valence-electron chi connectivity index (χ3n) is 6.21. The van der Waals surface area contributed by atoms with Crippen LogP contribution < -0.4 is 10.2 Å². The Balaban J connectivity index is 1.26. The molecule has 34 heavy (non-hydrogen) atoms. The molecule has 0 saturated carbocycles. The molecule has 2 aromatic carbocycles. The topological polar surface area (TPSA) is 76.2 Å². The highest BCUT2D eigenvalue weighted by molar-refractivity contribution is 7.99. The van der Waals surface area contributed by atoms with Gasteiger partial charge in [0, 0.05) is 13.1 Å². The second-order valence-corrected chi connectivity index (χ2v) is 9.62. The van der Waals surface area contributed by atoms with Gasteiger partial charge < -0.3 is 14.6 Å². The Bertz CT molecular complexity index is 1250. The van der Waals surface area contributed by atoms with Crippen molar-refractivity contribution in [2.75, 3.05) is 23.7 Å². The average molecular weight is 476 g/mol. The highest BCUT2D eigenvalue weighted by Crippen LogP contribution is 2.26. The summed E-state index contributed by atoms with van der Waals surface area (Å²) in [7, 11) is 0. The van der Waals surface area contributed by atoms with Crippen LogP contribution >= 0.6 is 11.8 Å². The number of fused-ring (bicyclic) bond motifs is 1. The number of hydrogen-bond acceptors (Lipinski definition) is 6. The lowest BCUT2D eigenvalue weighted by Gasteiger charge is -2.27. The Morgan fingerprint density at radius 2 is 1.88 bits per heavy atom. The van der Waals surface area contributed by atoms with Gasteiger partial charge in [-0.05, 0) is 60.7 Å². The summed E-state index contributed by atoms with van der Waals surface area (Å²) in [5.74, 6) is 1.93. The Morgan fingerprint density at radius 1 is 1.06 bits per heavy atom. The van der Waals surface area contributed by atoms with Crippen molar-refractivity contribution in [3.05, 3.63) is 72.2 Å². The predicted molar refractivity (Wildman–Crippen MR) is 135 cm³/mol. The van der Waals surface area contributed by atoms with Crippen molar-refractivity contribution in [3.63, 3.8) is 0 Å². The molecule has 1 aliphatic heterocycles. The number of carbonyl (C=O) groups is 1. The molecule has 1 aliphatic rings. The number of carbonyl (C=O) groups excluding carboxylic acids is 1. The fourth-order valence-corrected chi connectivity index (χ4v) is 5.13. The SMILES string of the molecule is CC(NC(=O)CSc1nnc(N2CCCCC2)n1Cc1ccco1)c1ccc2ccccc2c1. The highest BCUT2D eigenvalue weighted by Gasteiger charge is 2.22. The number of thioether (sulfide) groups is 1. The van der Waals surface area contributed by atoms with E-state index in [0.29, 0.717) is 6.54 Å². The third kappa shape index (κ3) is 5.12. The van der Waals surface area contributed by atoms with E-state index in [2.05, 4.69) is 55.3 Å². The van der Waals surface area contributed by atoms with Crippen LogP contribution in [0.2, 0.25) is 0 Å². The number of nitrogens with one attached hydrogen (secondary N) is 1. The number of benzene rings is 2. The van der Waals surface area contributed by atoms with Gasteiger partial charge in [-0.2, -0.15) is 0 Å². The molecule has 1 amide bonds. The zero-order chi connectivity index (χ0) is 23.3. The zero-order valence-electron chi connectivity index (χ0n) is 19.3. The van der Waals surface area contributed by atoms with Gasteiger partial charge in [0.25, 0.3) is 0 Å². The average Bonchev–Trinajstić information content (AvgIpc) is 3.53. The van der Waals surface area contributed by atoms with E-state index >= 15 is 0 Å². The first kappa shape index (κ1) is 22.5. The van der Waals surface area contributed by atoms with Crippen LogP contribution in [0.3, 0.4) is 0 Å². The lowest BCUT2D eigenvalue weighted by molar-refractivity contribution is -0.119. The van der Waals surface area contributed by atoms with Crippen molar-refractivity contribution >= 4 is 34.4 Å². The smallest absolute Gasteiger partial charge is 0.230 e. The van der Waals surface area contributed by atoms with Crippen molar-refractivity contribution in [2.45, 2.75) is 43.9 Å². The monoisotopic (exact) mass is 475 g/mol. The van der Waals surface area contributed by atoms with Crippen LogP contribution in [0.4, 0.5) is 5.95 Å². The Kier molecular flexibility index (Phi) is 6.85. The lowest BCUT2D eigenvalue weighted by atomic mass is 10.0. The minimum Gasteiger partial charge on any atom is -0.467 e. The Hall–Kier alpha value is -3.26. The summed E-state index contributed by atoms with van der Waals surface area (Å²) in [5, 5.41) is 15.1. The van der Waals surface area contributed by atoms with Crippen LogP contribution in [0, 0.1) is 0 Å². The number of rotatable bonds is 8. The Labute approximate surface area is 203 Å². The van der Waals surface area contributed by atoms with Gasteiger partial charge in [-0.1, -0.05) is 48.2 Å². The van der Waals surface area contributed by atoms with Gasteiger partial charge in [0.15, 0.2) is 5.16 Å². The van der Waals surface area contributed by atoms with Crippen LogP contribution in [0.25, 0.3) is 10.8 Å². The molecule has 1 N–H and O–H groups in total.